The number of primary amides is 1. The van der Waals surface area contributed by atoms with Gasteiger partial charge in [0.25, 0.3) is 0 Å². The average Bonchev–Trinajstić information content (AvgIpc) is 2.81. The number of rotatable bonds is 4. The van der Waals surface area contributed by atoms with Crippen LogP contribution in [-0.4, -0.2) is 38.5 Å². The Kier molecular flexibility index (Phi) is 4.00. The highest BCUT2D eigenvalue weighted by Gasteiger charge is 2.43. The molecule has 2 unspecified atom stereocenters. The molecule has 8 nitrogen and oxygen atoms in total. The van der Waals surface area contributed by atoms with Gasteiger partial charge in [-0.25, -0.2) is 0 Å². The summed E-state index contributed by atoms with van der Waals surface area (Å²) in [6, 6.07) is 0. The minimum atomic E-state index is -0.807. The standard InChI is InChI=1S/C11H17N5O3S/c1-13-11(9(12)19)4-3-6(5-11)20-10-14-7(17)8(18)15-16(10)2/h6,13H,3-5H2,1-2H3,(H2,12,19)(H,15,18). The topological polar surface area (TPSA) is 123 Å². The van der Waals surface area contributed by atoms with Gasteiger partial charge in [-0.3, -0.25) is 24.2 Å². The van der Waals surface area contributed by atoms with Crippen LogP contribution in [0.25, 0.3) is 0 Å². The molecule has 1 fully saturated rings. The van der Waals surface area contributed by atoms with Gasteiger partial charge in [0.2, 0.25) is 5.91 Å². The largest absolute Gasteiger partial charge is 0.368 e. The Morgan fingerprint density at radius 3 is 2.85 bits per heavy atom. The van der Waals surface area contributed by atoms with E-state index >= 15 is 0 Å². The van der Waals surface area contributed by atoms with Crippen molar-refractivity contribution in [2.45, 2.75) is 35.2 Å². The maximum absolute atomic E-state index is 11.6. The number of aromatic amines is 1. The van der Waals surface area contributed by atoms with E-state index in [1.54, 1.807) is 14.1 Å². The number of thioether (sulfide) groups is 1. The predicted molar refractivity (Wildman–Crippen MR) is 74.6 cm³/mol. The molecule has 1 aliphatic rings. The number of amides is 1. The Bertz CT molecular complexity index is 640. The van der Waals surface area contributed by atoms with E-state index in [0.29, 0.717) is 18.0 Å². The van der Waals surface area contributed by atoms with E-state index in [0.717, 1.165) is 6.42 Å². The van der Waals surface area contributed by atoms with Gasteiger partial charge in [-0.2, -0.15) is 4.98 Å². The first-order valence-corrected chi connectivity index (χ1v) is 7.09. The van der Waals surface area contributed by atoms with Crippen LogP contribution in [0.3, 0.4) is 0 Å². The Morgan fingerprint density at radius 1 is 1.60 bits per heavy atom. The molecule has 4 N–H and O–H groups in total. The van der Waals surface area contributed by atoms with Crippen molar-refractivity contribution in [2.24, 2.45) is 12.8 Å². The number of hydrogen-bond donors (Lipinski definition) is 3. The molecule has 0 bridgehead atoms. The van der Waals surface area contributed by atoms with E-state index in [9.17, 15) is 14.4 Å². The van der Waals surface area contributed by atoms with Gasteiger partial charge in [-0.15, -0.1) is 0 Å². The van der Waals surface area contributed by atoms with Crippen LogP contribution >= 0.6 is 11.8 Å². The quantitative estimate of drug-likeness (QED) is 0.585. The number of H-pyrrole nitrogens is 1. The molecule has 1 amide bonds. The summed E-state index contributed by atoms with van der Waals surface area (Å²) in [6.07, 6.45) is 2.00. The van der Waals surface area contributed by atoms with Gasteiger partial charge in [-0.05, 0) is 26.3 Å². The lowest BCUT2D eigenvalue weighted by atomic mass is 9.97. The van der Waals surface area contributed by atoms with Crippen LogP contribution < -0.4 is 22.2 Å². The summed E-state index contributed by atoms with van der Waals surface area (Å²) in [5.74, 6) is -0.369. The summed E-state index contributed by atoms with van der Waals surface area (Å²) >= 11 is 1.37. The van der Waals surface area contributed by atoms with Gasteiger partial charge in [0, 0.05) is 12.3 Å². The van der Waals surface area contributed by atoms with Gasteiger partial charge in [0.15, 0.2) is 5.16 Å². The minimum Gasteiger partial charge on any atom is -0.368 e. The number of aromatic nitrogens is 3. The highest BCUT2D eigenvalue weighted by Crippen LogP contribution is 2.38. The molecule has 1 heterocycles. The Hall–Kier alpha value is -1.61. The van der Waals surface area contributed by atoms with Gasteiger partial charge in [-0.1, -0.05) is 11.8 Å². The molecule has 2 atom stereocenters. The first-order chi connectivity index (χ1) is 9.38. The second-order valence-electron chi connectivity index (χ2n) is 4.88. The van der Waals surface area contributed by atoms with Crippen molar-refractivity contribution in [3.63, 3.8) is 0 Å². The highest BCUT2D eigenvalue weighted by atomic mass is 32.2. The van der Waals surface area contributed by atoms with Gasteiger partial charge < -0.3 is 11.1 Å². The fourth-order valence-corrected chi connectivity index (χ4v) is 3.63. The SMILES string of the molecule is CNC1(C(N)=O)CCC(Sc2nc(=O)c(=O)[nH]n2C)C1. The van der Waals surface area contributed by atoms with E-state index in [1.165, 1.54) is 16.4 Å². The molecule has 1 aromatic rings. The van der Waals surface area contributed by atoms with Crippen LogP contribution in [0.15, 0.2) is 14.7 Å². The number of likely N-dealkylation sites (N-methyl/N-ethyl adjacent to an activating group) is 1. The van der Waals surface area contributed by atoms with Crippen LogP contribution in [0.5, 0.6) is 0 Å². The van der Waals surface area contributed by atoms with Gasteiger partial charge >= 0.3 is 11.1 Å². The lowest BCUT2D eigenvalue weighted by Gasteiger charge is -2.24. The molecular weight excluding hydrogens is 282 g/mol. The monoisotopic (exact) mass is 299 g/mol. The number of carbonyl (C=O) groups excluding carboxylic acids is 1. The number of hydrogen-bond acceptors (Lipinski definition) is 6. The molecule has 20 heavy (non-hydrogen) atoms. The van der Waals surface area contributed by atoms with Crippen LogP contribution in [-0.2, 0) is 11.8 Å². The Morgan fingerprint density at radius 2 is 2.30 bits per heavy atom. The Labute approximate surface area is 119 Å². The number of nitrogens with zero attached hydrogens (tertiary/aromatic N) is 2. The lowest BCUT2D eigenvalue weighted by molar-refractivity contribution is -0.124. The number of carbonyl (C=O) groups is 1. The molecule has 0 aliphatic heterocycles. The van der Waals surface area contributed by atoms with Crippen LogP contribution in [0, 0.1) is 0 Å². The van der Waals surface area contributed by atoms with E-state index in [1.807, 2.05) is 0 Å². The van der Waals surface area contributed by atoms with Crippen molar-refractivity contribution in [1.82, 2.24) is 20.1 Å². The maximum Gasteiger partial charge on any atom is 0.339 e. The number of aryl methyl sites for hydroxylation is 1. The molecular formula is C11H17N5O3S. The zero-order valence-corrected chi connectivity index (χ0v) is 12.1. The van der Waals surface area contributed by atoms with Crippen LogP contribution in [0.2, 0.25) is 0 Å². The van der Waals surface area contributed by atoms with Crippen molar-refractivity contribution in [3.8, 4) is 0 Å². The molecule has 0 spiro atoms. The third-order valence-electron chi connectivity index (χ3n) is 3.64. The third-order valence-corrected chi connectivity index (χ3v) is 4.95. The highest BCUT2D eigenvalue weighted by molar-refractivity contribution is 7.99. The second-order valence-corrected chi connectivity index (χ2v) is 6.15. The average molecular weight is 299 g/mol. The maximum atomic E-state index is 11.6. The van der Waals surface area contributed by atoms with Crippen molar-refractivity contribution >= 4 is 17.7 Å². The zero-order valence-electron chi connectivity index (χ0n) is 11.3. The molecule has 0 saturated heterocycles. The summed E-state index contributed by atoms with van der Waals surface area (Å²) in [5.41, 5.74) is 3.20. The molecule has 2 rings (SSSR count). The van der Waals surface area contributed by atoms with E-state index in [-0.39, 0.29) is 11.2 Å². The molecule has 1 aliphatic carbocycles. The summed E-state index contributed by atoms with van der Waals surface area (Å²) in [6.45, 7) is 0. The number of nitrogens with two attached hydrogens (primary N) is 1. The summed E-state index contributed by atoms with van der Waals surface area (Å²) in [7, 11) is 3.33. The summed E-state index contributed by atoms with van der Waals surface area (Å²) in [5, 5.41) is 5.93. The van der Waals surface area contributed by atoms with Crippen LogP contribution in [0.1, 0.15) is 19.3 Å². The number of nitrogens with one attached hydrogen (secondary N) is 2. The molecule has 1 aromatic heterocycles. The summed E-state index contributed by atoms with van der Waals surface area (Å²) < 4.78 is 1.41. The smallest absolute Gasteiger partial charge is 0.339 e. The van der Waals surface area contributed by atoms with Crippen LogP contribution in [0.4, 0.5) is 0 Å². The molecule has 9 heteroatoms. The second kappa shape index (κ2) is 5.41. The zero-order chi connectivity index (χ0) is 14.9. The first-order valence-electron chi connectivity index (χ1n) is 6.21. The Balaban J connectivity index is 2.17. The fourth-order valence-electron chi connectivity index (χ4n) is 2.39. The van der Waals surface area contributed by atoms with Gasteiger partial charge in [0.05, 0.1) is 5.54 Å². The first kappa shape index (κ1) is 14.8. The van der Waals surface area contributed by atoms with E-state index < -0.39 is 16.7 Å². The van der Waals surface area contributed by atoms with Crippen molar-refractivity contribution in [3.05, 3.63) is 20.7 Å². The minimum absolute atomic E-state index is 0.110. The van der Waals surface area contributed by atoms with Crippen molar-refractivity contribution in [2.75, 3.05) is 7.05 Å². The molecule has 0 radical (unpaired) electrons. The normalized spacial score (nSPS) is 25.8. The van der Waals surface area contributed by atoms with E-state index in [2.05, 4.69) is 15.4 Å². The molecule has 110 valence electrons. The lowest BCUT2D eigenvalue weighted by Crippen LogP contribution is -2.52. The van der Waals surface area contributed by atoms with Crippen molar-refractivity contribution < 1.29 is 4.79 Å². The van der Waals surface area contributed by atoms with E-state index in [4.69, 9.17) is 5.73 Å². The predicted octanol–water partition coefficient (Wildman–Crippen LogP) is -1.44. The van der Waals surface area contributed by atoms with Gasteiger partial charge in [0.1, 0.15) is 0 Å². The third kappa shape index (κ3) is 2.63. The molecule has 1 saturated carbocycles. The van der Waals surface area contributed by atoms with Crippen molar-refractivity contribution in [1.29, 1.82) is 0 Å². The summed E-state index contributed by atoms with van der Waals surface area (Å²) in [4.78, 5) is 37.7. The molecule has 0 aromatic carbocycles. The fraction of sp³-hybridized carbons (Fsp3) is 0.636.